The van der Waals surface area contributed by atoms with Gasteiger partial charge in [-0.15, -0.1) is 0 Å². The quantitative estimate of drug-likeness (QED) is 0.746. The largest absolute Gasteiger partial charge is 0.481 e. The third kappa shape index (κ3) is 4.63. The van der Waals surface area contributed by atoms with Crippen molar-refractivity contribution in [3.05, 3.63) is 29.8 Å². The number of carboxylic acid groups (broad SMARTS) is 1. The summed E-state index contributed by atoms with van der Waals surface area (Å²) in [6.07, 6.45) is 2.66. The molecule has 100 valence electrons. The highest BCUT2D eigenvalue weighted by atomic mass is 31.2. The van der Waals surface area contributed by atoms with Gasteiger partial charge < -0.3 is 10.00 Å². The fourth-order valence-electron chi connectivity index (χ4n) is 1.65. The Hall–Kier alpha value is -1.12. The van der Waals surface area contributed by atoms with E-state index in [-0.39, 0.29) is 12.6 Å². The number of rotatable bonds is 7. The van der Waals surface area contributed by atoms with Gasteiger partial charge in [0, 0.05) is 11.5 Å². The minimum Gasteiger partial charge on any atom is -0.481 e. The number of aliphatic carboxylic acids is 1. The summed E-state index contributed by atoms with van der Waals surface area (Å²) < 4.78 is 11.9. The molecule has 0 aliphatic carbocycles. The third-order valence-corrected chi connectivity index (χ3v) is 4.72. The highest BCUT2D eigenvalue weighted by Crippen LogP contribution is 2.39. The zero-order chi connectivity index (χ0) is 13.6. The zero-order valence-corrected chi connectivity index (χ0v) is 11.4. The Morgan fingerprint density at radius 2 is 1.89 bits per heavy atom. The number of benzene rings is 1. The molecule has 2 N–H and O–H groups in total. The van der Waals surface area contributed by atoms with Gasteiger partial charge in [0.1, 0.15) is 0 Å². The number of aryl methyl sites for hydroxylation is 1. The van der Waals surface area contributed by atoms with Crippen LogP contribution in [0.2, 0.25) is 0 Å². The zero-order valence-electron chi connectivity index (χ0n) is 10.5. The summed E-state index contributed by atoms with van der Waals surface area (Å²) in [5.74, 6) is -1.05. The van der Waals surface area contributed by atoms with Crippen molar-refractivity contribution < 1.29 is 19.4 Å². The molecule has 0 aliphatic rings. The van der Waals surface area contributed by atoms with Gasteiger partial charge in [-0.1, -0.05) is 25.5 Å². The fourth-order valence-corrected chi connectivity index (χ4v) is 3.02. The lowest BCUT2D eigenvalue weighted by atomic mass is 10.1. The van der Waals surface area contributed by atoms with Crippen molar-refractivity contribution in [1.82, 2.24) is 0 Å². The second kappa shape index (κ2) is 6.72. The van der Waals surface area contributed by atoms with Crippen LogP contribution in [0.25, 0.3) is 0 Å². The molecule has 0 radical (unpaired) electrons. The molecule has 1 aromatic carbocycles. The van der Waals surface area contributed by atoms with E-state index in [1.54, 1.807) is 12.1 Å². The van der Waals surface area contributed by atoms with E-state index in [1.165, 1.54) is 0 Å². The van der Waals surface area contributed by atoms with Crippen LogP contribution in [0.1, 0.15) is 31.7 Å². The van der Waals surface area contributed by atoms with Crippen molar-refractivity contribution in [2.45, 2.75) is 32.6 Å². The van der Waals surface area contributed by atoms with Crippen molar-refractivity contribution in [2.24, 2.45) is 0 Å². The molecular weight excluding hydrogens is 251 g/mol. The Balaban J connectivity index is 2.71. The molecule has 0 spiro atoms. The smallest absolute Gasteiger partial charge is 0.303 e. The summed E-state index contributed by atoms with van der Waals surface area (Å²) in [6.45, 7) is 2.11. The molecule has 0 saturated heterocycles. The second-order valence-electron chi connectivity index (χ2n) is 4.34. The first-order valence-electron chi connectivity index (χ1n) is 6.09. The molecule has 1 atom stereocenters. The first-order chi connectivity index (χ1) is 8.45. The van der Waals surface area contributed by atoms with Crippen molar-refractivity contribution in [3.63, 3.8) is 0 Å². The van der Waals surface area contributed by atoms with E-state index in [1.807, 2.05) is 12.1 Å². The molecule has 4 nitrogen and oxygen atoms in total. The van der Waals surface area contributed by atoms with Gasteiger partial charge in [0.2, 0.25) is 7.37 Å². The van der Waals surface area contributed by atoms with Crippen molar-refractivity contribution in [1.29, 1.82) is 0 Å². The van der Waals surface area contributed by atoms with E-state index in [0.717, 1.165) is 24.8 Å². The van der Waals surface area contributed by atoms with Crippen LogP contribution in [0.15, 0.2) is 24.3 Å². The Kier molecular flexibility index (Phi) is 5.57. The van der Waals surface area contributed by atoms with Gasteiger partial charge in [0.25, 0.3) is 0 Å². The van der Waals surface area contributed by atoms with Crippen LogP contribution in [-0.4, -0.2) is 22.1 Å². The van der Waals surface area contributed by atoms with Gasteiger partial charge in [-0.2, -0.15) is 0 Å². The van der Waals surface area contributed by atoms with Crippen LogP contribution in [0, 0.1) is 0 Å². The third-order valence-electron chi connectivity index (χ3n) is 2.79. The number of hydrogen-bond acceptors (Lipinski definition) is 2. The van der Waals surface area contributed by atoms with E-state index in [4.69, 9.17) is 5.11 Å². The maximum absolute atomic E-state index is 11.9. The average molecular weight is 270 g/mol. The molecule has 0 saturated carbocycles. The van der Waals surface area contributed by atoms with Gasteiger partial charge >= 0.3 is 5.97 Å². The predicted molar refractivity (Wildman–Crippen MR) is 71.6 cm³/mol. The van der Waals surface area contributed by atoms with Gasteiger partial charge in [-0.05, 0) is 30.5 Å². The van der Waals surface area contributed by atoms with E-state index >= 15 is 0 Å². The number of carbonyl (C=O) groups is 1. The minimum atomic E-state index is -3.53. The average Bonchev–Trinajstić information content (AvgIpc) is 2.34. The molecule has 0 amide bonds. The fraction of sp³-hybridized carbons (Fsp3) is 0.462. The summed E-state index contributed by atoms with van der Waals surface area (Å²) in [4.78, 5) is 20.2. The van der Waals surface area contributed by atoms with Crippen molar-refractivity contribution in [3.8, 4) is 0 Å². The normalized spacial score (nSPS) is 14.1. The standard InChI is InChI=1S/C13H19O4P/c1-2-3-4-11-5-7-12(8-6-11)18(16,17)10-9-13(14)15/h5-8H,2-4,9-10H2,1H3,(H,14,15)(H,16,17). The van der Waals surface area contributed by atoms with E-state index in [2.05, 4.69) is 6.92 Å². The first-order valence-corrected chi connectivity index (χ1v) is 7.93. The topological polar surface area (TPSA) is 74.6 Å². The Labute approximate surface area is 107 Å². The Morgan fingerprint density at radius 1 is 1.28 bits per heavy atom. The van der Waals surface area contributed by atoms with E-state index in [0.29, 0.717) is 5.30 Å². The van der Waals surface area contributed by atoms with Gasteiger partial charge in [0.05, 0.1) is 6.42 Å². The molecule has 0 aromatic heterocycles. The van der Waals surface area contributed by atoms with Crippen molar-refractivity contribution >= 4 is 18.6 Å². The van der Waals surface area contributed by atoms with Crippen LogP contribution in [0.4, 0.5) is 0 Å². The number of carboxylic acids is 1. The molecule has 5 heteroatoms. The molecule has 1 aromatic rings. The van der Waals surface area contributed by atoms with Crippen LogP contribution in [-0.2, 0) is 15.8 Å². The first kappa shape index (κ1) is 14.9. The van der Waals surface area contributed by atoms with Crippen molar-refractivity contribution in [2.75, 3.05) is 6.16 Å². The van der Waals surface area contributed by atoms with Gasteiger partial charge in [-0.3, -0.25) is 9.36 Å². The highest BCUT2D eigenvalue weighted by Gasteiger charge is 2.22. The van der Waals surface area contributed by atoms with Crippen LogP contribution in [0.5, 0.6) is 0 Å². The van der Waals surface area contributed by atoms with Gasteiger partial charge in [0.15, 0.2) is 0 Å². The van der Waals surface area contributed by atoms with E-state index < -0.39 is 13.3 Å². The SMILES string of the molecule is CCCCc1ccc(P(=O)(O)CCC(=O)O)cc1. The van der Waals surface area contributed by atoms with Crippen LogP contribution < -0.4 is 5.30 Å². The van der Waals surface area contributed by atoms with Gasteiger partial charge in [-0.25, -0.2) is 0 Å². The lowest BCUT2D eigenvalue weighted by Gasteiger charge is -2.11. The lowest BCUT2D eigenvalue weighted by molar-refractivity contribution is -0.136. The van der Waals surface area contributed by atoms with Crippen LogP contribution in [0.3, 0.4) is 0 Å². The summed E-state index contributed by atoms with van der Waals surface area (Å²) >= 11 is 0. The Morgan fingerprint density at radius 3 is 2.39 bits per heavy atom. The highest BCUT2D eigenvalue weighted by molar-refractivity contribution is 7.66. The van der Waals surface area contributed by atoms with E-state index in [9.17, 15) is 14.3 Å². The Bertz CT molecular complexity index is 439. The maximum atomic E-state index is 11.9. The van der Waals surface area contributed by atoms with Crippen LogP contribution >= 0.6 is 7.37 Å². The summed E-state index contributed by atoms with van der Waals surface area (Å²) in [5, 5.41) is 8.87. The molecule has 0 aliphatic heterocycles. The second-order valence-corrected chi connectivity index (χ2v) is 6.71. The number of unbranched alkanes of at least 4 members (excludes halogenated alkanes) is 1. The monoisotopic (exact) mass is 270 g/mol. The summed E-state index contributed by atoms with van der Waals surface area (Å²) in [7, 11) is -3.53. The molecule has 1 unspecified atom stereocenters. The minimum absolute atomic E-state index is 0.212. The molecule has 0 heterocycles. The number of hydrogen-bond donors (Lipinski definition) is 2. The molecule has 18 heavy (non-hydrogen) atoms. The molecule has 0 bridgehead atoms. The predicted octanol–water partition coefficient (Wildman–Crippen LogP) is 2.40. The summed E-state index contributed by atoms with van der Waals surface area (Å²) in [6, 6.07) is 6.95. The molecular formula is C13H19O4P. The molecule has 1 rings (SSSR count). The lowest BCUT2D eigenvalue weighted by Crippen LogP contribution is -2.10. The molecule has 0 fully saturated rings. The summed E-state index contributed by atoms with van der Waals surface area (Å²) in [5.41, 5.74) is 1.14. The maximum Gasteiger partial charge on any atom is 0.303 e.